The molecule has 0 amide bonds. The molecule has 0 saturated heterocycles. The van der Waals surface area contributed by atoms with Gasteiger partial charge in [-0.25, -0.2) is 0 Å². The molecule has 4 heteroatoms. The molecule has 0 saturated carbocycles. The second kappa shape index (κ2) is 6.70. The summed E-state index contributed by atoms with van der Waals surface area (Å²) >= 11 is 0. The molecular formula is C16H17NO3. The van der Waals surface area contributed by atoms with Crippen LogP contribution < -0.4 is 9.47 Å². The zero-order valence-corrected chi connectivity index (χ0v) is 11.6. The normalized spacial score (nSPS) is 11.7. The first kappa shape index (κ1) is 14.1. The van der Waals surface area contributed by atoms with E-state index in [4.69, 9.17) is 9.47 Å². The van der Waals surface area contributed by atoms with Crippen LogP contribution in [0.5, 0.6) is 11.5 Å². The van der Waals surface area contributed by atoms with Crippen molar-refractivity contribution < 1.29 is 14.3 Å². The Hall–Kier alpha value is -2.36. The molecule has 2 rings (SSSR count). The van der Waals surface area contributed by atoms with Crippen LogP contribution in [0, 0.1) is 0 Å². The number of carbonyl (C=O) groups excluding carboxylic acids is 1. The number of benzene rings is 1. The topological polar surface area (TPSA) is 48.4 Å². The lowest BCUT2D eigenvalue weighted by molar-refractivity contribution is 0.112. The first-order chi connectivity index (χ1) is 9.74. The molecule has 1 unspecified atom stereocenters. The first-order valence-corrected chi connectivity index (χ1v) is 6.53. The van der Waals surface area contributed by atoms with Crippen molar-refractivity contribution in [3.63, 3.8) is 0 Å². The number of hydrogen-bond donors (Lipinski definition) is 0. The van der Waals surface area contributed by atoms with E-state index in [1.54, 1.807) is 30.6 Å². The molecule has 1 aromatic carbocycles. The summed E-state index contributed by atoms with van der Waals surface area (Å²) in [6, 6.07) is 8.97. The van der Waals surface area contributed by atoms with Gasteiger partial charge in [0.2, 0.25) is 0 Å². The van der Waals surface area contributed by atoms with Crippen LogP contribution in [0.15, 0.2) is 42.7 Å². The third-order valence-electron chi connectivity index (χ3n) is 2.88. The lowest BCUT2D eigenvalue weighted by Gasteiger charge is -2.17. The van der Waals surface area contributed by atoms with Gasteiger partial charge in [0, 0.05) is 18.0 Å². The molecule has 0 radical (unpaired) electrons. The van der Waals surface area contributed by atoms with E-state index in [1.807, 2.05) is 26.0 Å². The van der Waals surface area contributed by atoms with E-state index in [-0.39, 0.29) is 6.10 Å². The predicted octanol–water partition coefficient (Wildman–Crippen LogP) is 3.43. The number of rotatable bonds is 6. The van der Waals surface area contributed by atoms with Crippen molar-refractivity contribution in [1.29, 1.82) is 0 Å². The fourth-order valence-electron chi connectivity index (χ4n) is 1.86. The molecule has 2 aromatic rings. The Morgan fingerprint density at radius 1 is 1.20 bits per heavy atom. The van der Waals surface area contributed by atoms with Crippen molar-refractivity contribution in [2.24, 2.45) is 0 Å². The molecule has 104 valence electrons. The molecule has 1 aromatic heterocycles. The Morgan fingerprint density at radius 2 is 1.95 bits per heavy atom. The Morgan fingerprint density at radius 3 is 2.60 bits per heavy atom. The van der Waals surface area contributed by atoms with Crippen LogP contribution >= 0.6 is 0 Å². The van der Waals surface area contributed by atoms with Gasteiger partial charge in [0.1, 0.15) is 12.4 Å². The second-order valence-corrected chi connectivity index (χ2v) is 4.30. The number of aromatic nitrogens is 1. The highest BCUT2D eigenvalue weighted by atomic mass is 16.5. The number of pyridine rings is 1. The summed E-state index contributed by atoms with van der Waals surface area (Å²) in [6.45, 7) is 4.37. The van der Waals surface area contributed by atoms with Crippen LogP contribution in [0.4, 0.5) is 0 Å². The Labute approximate surface area is 118 Å². The Balaban J connectivity index is 2.22. The maximum Gasteiger partial charge on any atom is 0.162 e. The van der Waals surface area contributed by atoms with E-state index in [0.717, 1.165) is 11.8 Å². The zero-order chi connectivity index (χ0) is 14.4. The minimum Gasteiger partial charge on any atom is -0.490 e. The highest BCUT2D eigenvalue weighted by molar-refractivity contribution is 5.76. The molecule has 0 aliphatic rings. The van der Waals surface area contributed by atoms with Crippen LogP contribution in [0.1, 0.15) is 35.9 Å². The number of hydrogen-bond acceptors (Lipinski definition) is 4. The standard InChI is InChI=1S/C16H17NO3/c1-3-19-16-10-13(11-18)4-5-15(16)20-12(2)14-6-8-17-9-7-14/h4-12H,3H2,1-2H3. The number of aldehydes is 1. The molecule has 0 spiro atoms. The summed E-state index contributed by atoms with van der Waals surface area (Å²) in [4.78, 5) is 14.8. The third kappa shape index (κ3) is 3.35. The van der Waals surface area contributed by atoms with E-state index in [0.29, 0.717) is 23.7 Å². The fraction of sp³-hybridized carbons (Fsp3) is 0.250. The van der Waals surface area contributed by atoms with Crippen molar-refractivity contribution in [1.82, 2.24) is 4.98 Å². The number of nitrogens with zero attached hydrogens (tertiary/aromatic N) is 1. The van der Waals surface area contributed by atoms with Gasteiger partial charge in [0.05, 0.1) is 6.61 Å². The summed E-state index contributed by atoms with van der Waals surface area (Å²) in [5.74, 6) is 1.21. The zero-order valence-electron chi connectivity index (χ0n) is 11.6. The Bertz CT molecular complexity index is 569. The first-order valence-electron chi connectivity index (χ1n) is 6.53. The highest BCUT2D eigenvalue weighted by Gasteiger charge is 2.12. The van der Waals surface area contributed by atoms with Crippen LogP contribution in [0.3, 0.4) is 0 Å². The van der Waals surface area contributed by atoms with Gasteiger partial charge in [-0.1, -0.05) is 0 Å². The second-order valence-electron chi connectivity index (χ2n) is 4.30. The van der Waals surface area contributed by atoms with Gasteiger partial charge in [-0.15, -0.1) is 0 Å². The van der Waals surface area contributed by atoms with E-state index in [9.17, 15) is 4.79 Å². The number of ether oxygens (including phenoxy) is 2. The van der Waals surface area contributed by atoms with Crippen LogP contribution in [-0.4, -0.2) is 17.9 Å². The van der Waals surface area contributed by atoms with E-state index < -0.39 is 0 Å². The van der Waals surface area contributed by atoms with Gasteiger partial charge >= 0.3 is 0 Å². The molecule has 0 fully saturated rings. The third-order valence-corrected chi connectivity index (χ3v) is 2.88. The SMILES string of the molecule is CCOc1cc(C=O)ccc1OC(C)c1ccncc1. The lowest BCUT2D eigenvalue weighted by atomic mass is 10.1. The predicted molar refractivity (Wildman–Crippen MR) is 76.3 cm³/mol. The van der Waals surface area contributed by atoms with Crippen LogP contribution in [-0.2, 0) is 0 Å². The largest absolute Gasteiger partial charge is 0.490 e. The van der Waals surface area contributed by atoms with Crippen LogP contribution in [0.25, 0.3) is 0 Å². The summed E-state index contributed by atoms with van der Waals surface area (Å²) in [5, 5.41) is 0. The van der Waals surface area contributed by atoms with E-state index in [1.165, 1.54) is 0 Å². The molecule has 0 N–H and O–H groups in total. The smallest absolute Gasteiger partial charge is 0.162 e. The van der Waals surface area contributed by atoms with Gasteiger partial charge in [0.15, 0.2) is 11.5 Å². The van der Waals surface area contributed by atoms with Gasteiger partial charge in [-0.2, -0.15) is 0 Å². The molecular weight excluding hydrogens is 254 g/mol. The maximum absolute atomic E-state index is 10.8. The molecule has 1 heterocycles. The Kier molecular flexibility index (Phi) is 4.71. The lowest BCUT2D eigenvalue weighted by Crippen LogP contribution is -2.05. The summed E-state index contributed by atoms with van der Waals surface area (Å²) in [6.07, 6.45) is 4.13. The van der Waals surface area contributed by atoms with Crippen molar-refractivity contribution >= 4 is 6.29 Å². The van der Waals surface area contributed by atoms with Gasteiger partial charge < -0.3 is 9.47 Å². The average molecular weight is 271 g/mol. The van der Waals surface area contributed by atoms with Gasteiger partial charge in [-0.05, 0) is 49.7 Å². The molecule has 0 bridgehead atoms. The van der Waals surface area contributed by atoms with Crippen molar-refractivity contribution in [2.75, 3.05) is 6.61 Å². The minimum absolute atomic E-state index is 0.126. The van der Waals surface area contributed by atoms with E-state index >= 15 is 0 Å². The van der Waals surface area contributed by atoms with Crippen LogP contribution in [0.2, 0.25) is 0 Å². The van der Waals surface area contributed by atoms with Crippen molar-refractivity contribution in [2.45, 2.75) is 20.0 Å². The molecule has 0 aliphatic heterocycles. The van der Waals surface area contributed by atoms with E-state index in [2.05, 4.69) is 4.98 Å². The molecule has 1 atom stereocenters. The molecule has 0 aliphatic carbocycles. The summed E-state index contributed by atoms with van der Waals surface area (Å²) in [7, 11) is 0. The fourth-order valence-corrected chi connectivity index (χ4v) is 1.86. The molecule has 20 heavy (non-hydrogen) atoms. The van der Waals surface area contributed by atoms with Crippen molar-refractivity contribution in [3.05, 3.63) is 53.9 Å². The van der Waals surface area contributed by atoms with Crippen molar-refractivity contribution in [3.8, 4) is 11.5 Å². The number of carbonyl (C=O) groups is 1. The summed E-state index contributed by atoms with van der Waals surface area (Å²) < 4.78 is 11.4. The highest BCUT2D eigenvalue weighted by Crippen LogP contribution is 2.31. The average Bonchev–Trinajstić information content (AvgIpc) is 2.50. The summed E-state index contributed by atoms with van der Waals surface area (Å²) in [5.41, 5.74) is 1.60. The monoisotopic (exact) mass is 271 g/mol. The van der Waals surface area contributed by atoms with Gasteiger partial charge in [-0.3, -0.25) is 9.78 Å². The molecule has 4 nitrogen and oxygen atoms in total. The van der Waals surface area contributed by atoms with Gasteiger partial charge in [0.25, 0.3) is 0 Å². The quantitative estimate of drug-likeness (QED) is 0.755. The minimum atomic E-state index is -0.126. The maximum atomic E-state index is 10.8.